The van der Waals surface area contributed by atoms with Crippen molar-refractivity contribution in [3.63, 3.8) is 0 Å². The lowest BCUT2D eigenvalue weighted by Gasteiger charge is -2.18. The molecule has 6 heteroatoms. The van der Waals surface area contributed by atoms with Crippen molar-refractivity contribution in [2.45, 2.75) is 32.1 Å². The monoisotopic (exact) mass is 271 g/mol. The second-order valence-corrected chi connectivity index (χ2v) is 7.04. The molecule has 2 N–H and O–H groups in total. The summed E-state index contributed by atoms with van der Waals surface area (Å²) in [6.45, 7) is 6.64. The Bertz CT molecular complexity index is 492. The Balaban J connectivity index is 2.81. The van der Waals surface area contributed by atoms with Crippen molar-refractivity contribution in [2.75, 3.05) is 18.9 Å². The van der Waals surface area contributed by atoms with E-state index in [1.54, 1.807) is 19.3 Å². The first-order valence-corrected chi connectivity index (χ1v) is 7.37. The van der Waals surface area contributed by atoms with Crippen LogP contribution in [-0.2, 0) is 10.0 Å². The van der Waals surface area contributed by atoms with Crippen LogP contribution in [0.5, 0.6) is 0 Å². The average molecular weight is 271 g/mol. The van der Waals surface area contributed by atoms with Crippen molar-refractivity contribution in [3.8, 4) is 0 Å². The van der Waals surface area contributed by atoms with Gasteiger partial charge in [-0.3, -0.25) is 0 Å². The van der Waals surface area contributed by atoms with Crippen molar-refractivity contribution >= 4 is 15.8 Å². The van der Waals surface area contributed by atoms with Crippen LogP contribution in [-0.4, -0.2) is 27.0 Å². The summed E-state index contributed by atoms with van der Waals surface area (Å²) in [6, 6.07) is 3.15. The Kier molecular flexibility index (Phi) is 4.70. The van der Waals surface area contributed by atoms with E-state index in [1.807, 2.05) is 0 Å². The smallest absolute Gasteiger partial charge is 0.244 e. The van der Waals surface area contributed by atoms with Crippen LogP contribution in [0, 0.1) is 5.41 Å². The number of aromatic nitrogens is 1. The van der Waals surface area contributed by atoms with Gasteiger partial charge in [-0.1, -0.05) is 20.8 Å². The first-order valence-electron chi connectivity index (χ1n) is 5.89. The molecule has 0 spiro atoms. The van der Waals surface area contributed by atoms with E-state index in [1.165, 1.54) is 6.07 Å². The SMILES string of the molecule is CNc1ncccc1S(=O)(=O)NCCC(C)(C)C. The van der Waals surface area contributed by atoms with Crippen LogP contribution in [0.4, 0.5) is 5.82 Å². The quantitative estimate of drug-likeness (QED) is 0.857. The second-order valence-electron chi connectivity index (χ2n) is 5.31. The van der Waals surface area contributed by atoms with E-state index in [-0.39, 0.29) is 10.3 Å². The van der Waals surface area contributed by atoms with E-state index in [2.05, 4.69) is 35.8 Å². The molecule has 5 nitrogen and oxygen atoms in total. The molecule has 0 amide bonds. The van der Waals surface area contributed by atoms with E-state index in [0.717, 1.165) is 6.42 Å². The van der Waals surface area contributed by atoms with Gasteiger partial charge < -0.3 is 5.32 Å². The van der Waals surface area contributed by atoms with Gasteiger partial charge in [0.1, 0.15) is 10.7 Å². The lowest BCUT2D eigenvalue weighted by atomic mass is 9.93. The summed E-state index contributed by atoms with van der Waals surface area (Å²) < 4.78 is 26.8. The second kappa shape index (κ2) is 5.67. The largest absolute Gasteiger partial charge is 0.372 e. The Morgan fingerprint density at radius 3 is 2.56 bits per heavy atom. The number of pyridine rings is 1. The Morgan fingerprint density at radius 1 is 1.33 bits per heavy atom. The third kappa shape index (κ3) is 4.27. The minimum atomic E-state index is -3.50. The van der Waals surface area contributed by atoms with Gasteiger partial charge in [0.05, 0.1) is 0 Å². The van der Waals surface area contributed by atoms with Gasteiger partial charge in [0.2, 0.25) is 10.0 Å². The van der Waals surface area contributed by atoms with Gasteiger partial charge in [-0.05, 0) is 24.0 Å². The number of hydrogen-bond acceptors (Lipinski definition) is 4. The first-order chi connectivity index (χ1) is 8.26. The van der Waals surface area contributed by atoms with Gasteiger partial charge in [-0.2, -0.15) is 0 Å². The number of sulfonamides is 1. The molecule has 0 aliphatic rings. The molecule has 1 aromatic heterocycles. The molecule has 0 atom stereocenters. The fourth-order valence-electron chi connectivity index (χ4n) is 1.43. The normalized spacial score (nSPS) is 12.4. The molecule has 0 unspecified atom stereocenters. The van der Waals surface area contributed by atoms with Crippen molar-refractivity contribution in [3.05, 3.63) is 18.3 Å². The third-order valence-electron chi connectivity index (χ3n) is 2.46. The fraction of sp³-hybridized carbons (Fsp3) is 0.583. The maximum Gasteiger partial charge on any atom is 0.244 e. The summed E-state index contributed by atoms with van der Waals surface area (Å²) in [5, 5.41) is 2.78. The number of anilines is 1. The van der Waals surface area contributed by atoms with Crippen molar-refractivity contribution in [2.24, 2.45) is 5.41 Å². The molecule has 0 bridgehead atoms. The lowest BCUT2D eigenvalue weighted by Crippen LogP contribution is -2.28. The van der Waals surface area contributed by atoms with Crippen LogP contribution in [0.2, 0.25) is 0 Å². The first kappa shape index (κ1) is 14.9. The summed E-state index contributed by atoms with van der Waals surface area (Å²) in [7, 11) is -1.85. The summed E-state index contributed by atoms with van der Waals surface area (Å²) in [5.74, 6) is 0.362. The van der Waals surface area contributed by atoms with E-state index in [0.29, 0.717) is 12.4 Å². The maximum absolute atomic E-state index is 12.1. The van der Waals surface area contributed by atoms with E-state index in [9.17, 15) is 8.42 Å². The summed E-state index contributed by atoms with van der Waals surface area (Å²) in [4.78, 5) is 4.17. The highest BCUT2D eigenvalue weighted by molar-refractivity contribution is 7.89. The van der Waals surface area contributed by atoms with Gasteiger partial charge in [-0.25, -0.2) is 18.1 Å². The molecule has 1 heterocycles. The van der Waals surface area contributed by atoms with Crippen LogP contribution < -0.4 is 10.0 Å². The number of rotatable bonds is 5. The molecular formula is C12H21N3O2S. The predicted octanol–water partition coefficient (Wildman–Crippen LogP) is 1.84. The van der Waals surface area contributed by atoms with Gasteiger partial charge in [0, 0.05) is 19.8 Å². The standard InChI is InChI=1S/C12H21N3O2S/c1-12(2,3)7-9-15-18(16,17)10-6-5-8-14-11(10)13-4/h5-6,8,15H,7,9H2,1-4H3,(H,13,14). The van der Waals surface area contributed by atoms with Crippen LogP contribution in [0.3, 0.4) is 0 Å². The van der Waals surface area contributed by atoms with Crippen LogP contribution in [0.15, 0.2) is 23.2 Å². The Morgan fingerprint density at radius 2 is 2.00 bits per heavy atom. The molecule has 0 aromatic carbocycles. The summed E-state index contributed by atoms with van der Waals surface area (Å²) >= 11 is 0. The molecule has 0 aliphatic carbocycles. The minimum absolute atomic E-state index is 0.100. The summed E-state index contributed by atoms with van der Waals surface area (Å²) in [6.07, 6.45) is 2.33. The maximum atomic E-state index is 12.1. The van der Waals surface area contributed by atoms with E-state index >= 15 is 0 Å². The highest BCUT2D eigenvalue weighted by atomic mass is 32.2. The van der Waals surface area contributed by atoms with Crippen molar-refractivity contribution in [1.82, 2.24) is 9.71 Å². The average Bonchev–Trinajstić information content (AvgIpc) is 2.27. The minimum Gasteiger partial charge on any atom is -0.372 e. The van der Waals surface area contributed by atoms with Gasteiger partial charge >= 0.3 is 0 Å². The van der Waals surface area contributed by atoms with Gasteiger partial charge in [0.15, 0.2) is 0 Å². The number of nitrogens with zero attached hydrogens (tertiary/aromatic N) is 1. The fourth-order valence-corrected chi connectivity index (χ4v) is 2.63. The van der Waals surface area contributed by atoms with Gasteiger partial charge in [-0.15, -0.1) is 0 Å². The van der Waals surface area contributed by atoms with Crippen LogP contribution in [0.25, 0.3) is 0 Å². The molecule has 0 aliphatic heterocycles. The third-order valence-corrected chi connectivity index (χ3v) is 3.96. The van der Waals surface area contributed by atoms with Crippen molar-refractivity contribution in [1.29, 1.82) is 0 Å². The molecule has 102 valence electrons. The molecule has 0 saturated heterocycles. The van der Waals surface area contributed by atoms with Crippen molar-refractivity contribution < 1.29 is 8.42 Å². The summed E-state index contributed by atoms with van der Waals surface area (Å²) in [5.41, 5.74) is 0.100. The zero-order chi connectivity index (χ0) is 13.8. The van der Waals surface area contributed by atoms with Gasteiger partial charge in [0.25, 0.3) is 0 Å². The van der Waals surface area contributed by atoms with Crippen LogP contribution >= 0.6 is 0 Å². The van der Waals surface area contributed by atoms with E-state index in [4.69, 9.17) is 0 Å². The molecule has 0 fully saturated rings. The number of hydrogen-bond donors (Lipinski definition) is 2. The molecule has 1 rings (SSSR count). The molecular weight excluding hydrogens is 250 g/mol. The lowest BCUT2D eigenvalue weighted by molar-refractivity contribution is 0.378. The Labute approximate surface area is 109 Å². The highest BCUT2D eigenvalue weighted by Crippen LogP contribution is 2.19. The van der Waals surface area contributed by atoms with Crippen LogP contribution in [0.1, 0.15) is 27.2 Å². The molecule has 0 radical (unpaired) electrons. The molecule has 0 saturated carbocycles. The number of nitrogens with one attached hydrogen (secondary N) is 2. The Hall–Kier alpha value is -1.14. The zero-order valence-corrected chi connectivity index (χ0v) is 12.1. The topological polar surface area (TPSA) is 71.1 Å². The molecule has 1 aromatic rings. The highest BCUT2D eigenvalue weighted by Gasteiger charge is 2.19. The predicted molar refractivity (Wildman–Crippen MR) is 73.0 cm³/mol. The molecule has 18 heavy (non-hydrogen) atoms. The zero-order valence-electron chi connectivity index (χ0n) is 11.3. The van der Waals surface area contributed by atoms with E-state index < -0.39 is 10.0 Å².